The second-order valence-electron chi connectivity index (χ2n) is 3.91. The van der Waals surface area contributed by atoms with Gasteiger partial charge in [0, 0.05) is 19.7 Å². The van der Waals surface area contributed by atoms with E-state index >= 15 is 0 Å². The van der Waals surface area contributed by atoms with Gasteiger partial charge in [-0.2, -0.15) is 0 Å². The summed E-state index contributed by atoms with van der Waals surface area (Å²) in [5.74, 6) is 0.296. The predicted molar refractivity (Wildman–Crippen MR) is 55.1 cm³/mol. The number of nitrogens with one attached hydrogen (secondary N) is 2. The van der Waals surface area contributed by atoms with E-state index in [2.05, 4.69) is 10.6 Å². The fourth-order valence-electron chi connectivity index (χ4n) is 1.73. The molecule has 0 aliphatic carbocycles. The Kier molecular flexibility index (Phi) is 4.90. The summed E-state index contributed by atoms with van der Waals surface area (Å²) in [6, 6.07) is 0.106. The third-order valence-electron chi connectivity index (χ3n) is 2.47. The van der Waals surface area contributed by atoms with E-state index < -0.39 is 0 Å². The lowest BCUT2D eigenvalue weighted by atomic mass is 9.98. The average molecular weight is 200 g/mol. The van der Waals surface area contributed by atoms with Crippen molar-refractivity contribution in [1.82, 2.24) is 10.6 Å². The minimum Gasteiger partial charge on any atom is -0.383 e. The van der Waals surface area contributed by atoms with Gasteiger partial charge in [-0.25, -0.2) is 0 Å². The van der Waals surface area contributed by atoms with Crippen molar-refractivity contribution in [3.05, 3.63) is 0 Å². The minimum absolute atomic E-state index is 0.106. The smallest absolute Gasteiger partial charge is 0.224 e. The first-order valence-corrected chi connectivity index (χ1v) is 5.24. The number of hydrogen-bond acceptors (Lipinski definition) is 3. The number of hydrogen-bond donors (Lipinski definition) is 2. The molecule has 1 amide bonds. The van der Waals surface area contributed by atoms with Crippen LogP contribution in [0.5, 0.6) is 0 Å². The topological polar surface area (TPSA) is 50.4 Å². The molecule has 1 fully saturated rings. The van der Waals surface area contributed by atoms with Crippen LogP contribution < -0.4 is 10.6 Å². The van der Waals surface area contributed by atoms with Crippen molar-refractivity contribution in [3.8, 4) is 0 Å². The first-order chi connectivity index (χ1) is 6.74. The number of rotatable bonds is 4. The van der Waals surface area contributed by atoms with Crippen molar-refractivity contribution in [2.75, 3.05) is 26.8 Å². The fraction of sp³-hybridized carbons (Fsp3) is 0.900. The van der Waals surface area contributed by atoms with E-state index in [1.807, 2.05) is 6.92 Å². The zero-order valence-electron chi connectivity index (χ0n) is 9.01. The van der Waals surface area contributed by atoms with Crippen molar-refractivity contribution in [1.29, 1.82) is 0 Å². The monoisotopic (exact) mass is 200 g/mol. The lowest BCUT2D eigenvalue weighted by Crippen LogP contribution is -2.44. The summed E-state index contributed by atoms with van der Waals surface area (Å²) in [4.78, 5) is 11.7. The molecule has 1 saturated heterocycles. The molecule has 2 N–H and O–H groups in total. The molecule has 1 heterocycles. The maximum absolute atomic E-state index is 11.7. The summed E-state index contributed by atoms with van der Waals surface area (Å²) < 4.78 is 4.96. The molecule has 14 heavy (non-hydrogen) atoms. The maximum Gasteiger partial charge on any atom is 0.224 e. The van der Waals surface area contributed by atoms with Gasteiger partial charge < -0.3 is 15.4 Å². The summed E-state index contributed by atoms with van der Waals surface area (Å²) in [5.41, 5.74) is 0. The van der Waals surface area contributed by atoms with Gasteiger partial charge in [-0.1, -0.05) is 0 Å². The van der Waals surface area contributed by atoms with Gasteiger partial charge in [-0.15, -0.1) is 0 Å². The second-order valence-corrected chi connectivity index (χ2v) is 3.91. The van der Waals surface area contributed by atoms with E-state index in [0.717, 1.165) is 25.9 Å². The Morgan fingerprint density at radius 3 is 3.07 bits per heavy atom. The highest BCUT2D eigenvalue weighted by molar-refractivity contribution is 5.79. The van der Waals surface area contributed by atoms with Crippen molar-refractivity contribution >= 4 is 5.91 Å². The molecule has 0 radical (unpaired) electrons. The third kappa shape index (κ3) is 3.64. The summed E-state index contributed by atoms with van der Waals surface area (Å²) in [6.45, 7) is 4.38. The number of carbonyl (C=O) groups excluding carboxylic acids is 1. The second kappa shape index (κ2) is 5.98. The van der Waals surface area contributed by atoms with Crippen LogP contribution in [-0.4, -0.2) is 38.8 Å². The molecule has 0 aromatic rings. The van der Waals surface area contributed by atoms with Crippen LogP contribution in [0.15, 0.2) is 0 Å². The van der Waals surface area contributed by atoms with Gasteiger partial charge in [0.05, 0.1) is 12.5 Å². The van der Waals surface area contributed by atoms with Gasteiger partial charge >= 0.3 is 0 Å². The number of carbonyl (C=O) groups is 1. The van der Waals surface area contributed by atoms with Crippen molar-refractivity contribution < 1.29 is 9.53 Å². The molecule has 0 bridgehead atoms. The summed E-state index contributed by atoms with van der Waals surface area (Å²) in [7, 11) is 1.64. The highest BCUT2D eigenvalue weighted by atomic mass is 16.5. The number of amides is 1. The van der Waals surface area contributed by atoms with Gasteiger partial charge in [0.2, 0.25) is 5.91 Å². The van der Waals surface area contributed by atoms with Crippen LogP contribution in [0.1, 0.15) is 19.8 Å². The van der Waals surface area contributed by atoms with E-state index in [-0.39, 0.29) is 17.9 Å². The van der Waals surface area contributed by atoms with Gasteiger partial charge in [-0.3, -0.25) is 4.79 Å². The Bertz CT molecular complexity index is 179. The van der Waals surface area contributed by atoms with E-state index in [4.69, 9.17) is 4.74 Å². The van der Waals surface area contributed by atoms with E-state index in [1.165, 1.54) is 0 Å². The fourth-order valence-corrected chi connectivity index (χ4v) is 1.73. The molecule has 2 atom stereocenters. The number of methoxy groups -OCH3 is 1. The summed E-state index contributed by atoms with van der Waals surface area (Å²) >= 11 is 0. The van der Waals surface area contributed by atoms with E-state index in [0.29, 0.717) is 6.61 Å². The van der Waals surface area contributed by atoms with Crippen molar-refractivity contribution in [3.63, 3.8) is 0 Å². The Morgan fingerprint density at radius 1 is 1.71 bits per heavy atom. The number of piperidine rings is 1. The van der Waals surface area contributed by atoms with Crippen LogP contribution in [0.4, 0.5) is 0 Å². The van der Waals surface area contributed by atoms with Crippen molar-refractivity contribution in [2.24, 2.45) is 5.92 Å². The molecule has 0 aromatic carbocycles. The van der Waals surface area contributed by atoms with Crippen LogP contribution in [0.3, 0.4) is 0 Å². The lowest BCUT2D eigenvalue weighted by molar-refractivity contribution is -0.126. The average Bonchev–Trinajstić information content (AvgIpc) is 2.19. The van der Waals surface area contributed by atoms with Crippen LogP contribution in [0.2, 0.25) is 0 Å². The first kappa shape index (κ1) is 11.5. The lowest BCUT2D eigenvalue weighted by Gasteiger charge is -2.23. The molecule has 0 saturated carbocycles. The largest absolute Gasteiger partial charge is 0.383 e. The molecule has 0 aromatic heterocycles. The maximum atomic E-state index is 11.7. The van der Waals surface area contributed by atoms with Gasteiger partial charge in [-0.05, 0) is 26.3 Å². The molecule has 1 rings (SSSR count). The Labute approximate surface area is 85.4 Å². The third-order valence-corrected chi connectivity index (χ3v) is 2.47. The molecular formula is C10H20N2O2. The molecule has 1 aliphatic heterocycles. The predicted octanol–water partition coefficient (Wildman–Crippen LogP) is 0.137. The normalized spacial score (nSPS) is 24.3. The minimum atomic E-state index is 0.106. The van der Waals surface area contributed by atoms with Crippen LogP contribution in [0.25, 0.3) is 0 Å². The molecule has 82 valence electrons. The standard InChI is InChI=1S/C10H20N2O2/c1-8(7-14-2)12-10(13)9-4-3-5-11-6-9/h8-9,11H,3-7H2,1-2H3,(H,12,13). The van der Waals surface area contributed by atoms with Crippen LogP contribution in [0, 0.1) is 5.92 Å². The zero-order chi connectivity index (χ0) is 10.4. The van der Waals surface area contributed by atoms with Gasteiger partial charge in [0.1, 0.15) is 0 Å². The molecule has 0 spiro atoms. The Morgan fingerprint density at radius 2 is 2.50 bits per heavy atom. The van der Waals surface area contributed by atoms with Crippen LogP contribution >= 0.6 is 0 Å². The highest BCUT2D eigenvalue weighted by Gasteiger charge is 2.21. The molecule has 4 nitrogen and oxygen atoms in total. The molecule has 4 heteroatoms. The number of ether oxygens (including phenoxy) is 1. The molecular weight excluding hydrogens is 180 g/mol. The van der Waals surface area contributed by atoms with Gasteiger partial charge in [0.15, 0.2) is 0 Å². The first-order valence-electron chi connectivity index (χ1n) is 5.24. The summed E-state index contributed by atoms with van der Waals surface area (Å²) in [5, 5.41) is 6.18. The van der Waals surface area contributed by atoms with E-state index in [9.17, 15) is 4.79 Å². The zero-order valence-corrected chi connectivity index (χ0v) is 9.01. The highest BCUT2D eigenvalue weighted by Crippen LogP contribution is 2.09. The molecule has 2 unspecified atom stereocenters. The summed E-state index contributed by atoms with van der Waals surface area (Å²) in [6.07, 6.45) is 2.09. The Hall–Kier alpha value is -0.610. The van der Waals surface area contributed by atoms with Crippen LogP contribution in [-0.2, 0) is 9.53 Å². The molecule has 1 aliphatic rings. The SMILES string of the molecule is COCC(C)NC(=O)C1CCCNC1. The Balaban J connectivity index is 2.25. The van der Waals surface area contributed by atoms with Gasteiger partial charge in [0.25, 0.3) is 0 Å². The quantitative estimate of drug-likeness (QED) is 0.678. The van der Waals surface area contributed by atoms with Crippen molar-refractivity contribution in [2.45, 2.75) is 25.8 Å². The van der Waals surface area contributed by atoms with E-state index in [1.54, 1.807) is 7.11 Å².